The van der Waals surface area contributed by atoms with Crippen molar-refractivity contribution in [2.45, 2.75) is 25.8 Å². The van der Waals surface area contributed by atoms with Crippen molar-refractivity contribution in [1.29, 1.82) is 0 Å². The minimum absolute atomic E-state index is 0.0629. The molecule has 1 N–H and O–H groups in total. The number of nitrogens with zero attached hydrogens (tertiary/aromatic N) is 1. The number of benzene rings is 2. The van der Waals surface area contributed by atoms with Gasteiger partial charge in [-0.1, -0.05) is 31.2 Å². The van der Waals surface area contributed by atoms with Gasteiger partial charge in [-0.25, -0.2) is 4.79 Å². The topological polar surface area (TPSA) is 50.8 Å². The molecule has 0 saturated heterocycles. The fourth-order valence-electron chi connectivity index (χ4n) is 3.28. The predicted octanol–water partition coefficient (Wildman–Crippen LogP) is 3.64. The monoisotopic (exact) mass is 324 g/mol. The van der Waals surface area contributed by atoms with E-state index in [0.717, 1.165) is 35.7 Å². The van der Waals surface area contributed by atoms with Crippen LogP contribution in [0.4, 0.5) is 10.5 Å². The maximum absolute atomic E-state index is 12.6. The van der Waals surface area contributed by atoms with Gasteiger partial charge >= 0.3 is 6.03 Å². The first-order valence-electron chi connectivity index (χ1n) is 8.25. The zero-order valence-corrected chi connectivity index (χ0v) is 13.6. The lowest BCUT2D eigenvalue weighted by Crippen LogP contribution is -2.43. The Balaban J connectivity index is 1.46. The molecule has 0 fully saturated rings. The second kappa shape index (κ2) is 6.07. The molecule has 0 radical (unpaired) electrons. The molecule has 0 bridgehead atoms. The van der Waals surface area contributed by atoms with Gasteiger partial charge in [-0.3, -0.25) is 4.90 Å². The van der Waals surface area contributed by atoms with Gasteiger partial charge in [0, 0.05) is 18.8 Å². The molecule has 0 saturated carbocycles. The summed E-state index contributed by atoms with van der Waals surface area (Å²) in [6.45, 7) is 3.67. The lowest BCUT2D eigenvalue weighted by molar-refractivity contribution is 0.174. The summed E-state index contributed by atoms with van der Waals surface area (Å²) in [4.78, 5) is 14.5. The lowest BCUT2D eigenvalue weighted by Gasteiger charge is -2.32. The Morgan fingerprint density at radius 3 is 2.96 bits per heavy atom. The molecular weight excluding hydrogens is 304 g/mol. The minimum Gasteiger partial charge on any atom is -0.454 e. The van der Waals surface area contributed by atoms with Crippen LogP contribution in [0.2, 0.25) is 0 Å². The van der Waals surface area contributed by atoms with Gasteiger partial charge in [0.1, 0.15) is 0 Å². The molecule has 2 heterocycles. The van der Waals surface area contributed by atoms with E-state index in [9.17, 15) is 4.79 Å². The molecule has 1 atom stereocenters. The fourth-order valence-corrected chi connectivity index (χ4v) is 3.28. The second-order valence-corrected chi connectivity index (χ2v) is 6.25. The quantitative estimate of drug-likeness (QED) is 0.917. The molecular formula is C19H20N2O3. The number of rotatable bonds is 2. The molecule has 2 aliphatic rings. The number of ether oxygens (including phenoxy) is 2. The average Bonchev–Trinajstić information content (AvgIpc) is 3.08. The van der Waals surface area contributed by atoms with Crippen LogP contribution in [-0.2, 0) is 6.54 Å². The zero-order valence-electron chi connectivity index (χ0n) is 13.6. The van der Waals surface area contributed by atoms with Crippen LogP contribution in [0.1, 0.15) is 30.4 Å². The summed E-state index contributed by atoms with van der Waals surface area (Å²) in [6.07, 6.45) is 0.981. The summed E-state index contributed by atoms with van der Waals surface area (Å²) in [5, 5.41) is 3.01. The molecule has 4 rings (SSSR count). The van der Waals surface area contributed by atoms with E-state index in [2.05, 4.69) is 18.3 Å². The molecule has 0 aliphatic carbocycles. The summed E-state index contributed by atoms with van der Waals surface area (Å²) in [5.41, 5.74) is 3.24. The van der Waals surface area contributed by atoms with Crippen LogP contribution in [0.25, 0.3) is 0 Å². The zero-order chi connectivity index (χ0) is 16.5. The van der Waals surface area contributed by atoms with E-state index in [-0.39, 0.29) is 12.8 Å². The van der Waals surface area contributed by atoms with Crippen LogP contribution in [0.15, 0.2) is 42.5 Å². The highest BCUT2D eigenvalue weighted by Gasteiger charge is 2.26. The van der Waals surface area contributed by atoms with Crippen molar-refractivity contribution in [3.8, 4) is 11.5 Å². The van der Waals surface area contributed by atoms with Crippen LogP contribution < -0.4 is 19.7 Å². The van der Waals surface area contributed by atoms with Crippen molar-refractivity contribution in [2.24, 2.45) is 0 Å². The number of fused-ring (bicyclic) bond motifs is 2. The average molecular weight is 324 g/mol. The van der Waals surface area contributed by atoms with E-state index in [0.29, 0.717) is 12.5 Å². The highest BCUT2D eigenvalue weighted by Crippen LogP contribution is 2.35. The number of hydrogen-bond acceptors (Lipinski definition) is 3. The summed E-state index contributed by atoms with van der Waals surface area (Å²) < 4.78 is 10.7. The number of urea groups is 1. The Morgan fingerprint density at radius 1 is 1.21 bits per heavy atom. The summed E-state index contributed by atoms with van der Waals surface area (Å²) >= 11 is 0. The molecule has 5 nitrogen and oxygen atoms in total. The first-order valence-corrected chi connectivity index (χ1v) is 8.25. The van der Waals surface area contributed by atoms with Crippen molar-refractivity contribution in [3.63, 3.8) is 0 Å². The van der Waals surface area contributed by atoms with Gasteiger partial charge in [-0.15, -0.1) is 0 Å². The summed E-state index contributed by atoms with van der Waals surface area (Å²) in [7, 11) is 0. The number of hydrogen-bond donors (Lipinski definition) is 1. The summed E-state index contributed by atoms with van der Waals surface area (Å²) in [5.74, 6) is 1.97. The summed E-state index contributed by atoms with van der Waals surface area (Å²) in [6, 6.07) is 13.8. The number of carbonyl (C=O) groups is 1. The van der Waals surface area contributed by atoms with Gasteiger partial charge in [-0.05, 0) is 41.7 Å². The number of nitrogens with one attached hydrogen (secondary N) is 1. The second-order valence-electron chi connectivity index (χ2n) is 6.25. The van der Waals surface area contributed by atoms with Crippen molar-refractivity contribution in [2.75, 3.05) is 18.2 Å². The van der Waals surface area contributed by atoms with Crippen LogP contribution >= 0.6 is 0 Å². The Kier molecular flexibility index (Phi) is 3.76. The third-order valence-electron chi connectivity index (χ3n) is 4.67. The smallest absolute Gasteiger partial charge is 0.322 e. The fraction of sp³-hybridized carbons (Fsp3) is 0.316. The number of carbonyl (C=O) groups excluding carboxylic acids is 1. The normalized spacial score (nSPS) is 18.2. The maximum atomic E-state index is 12.6. The largest absolute Gasteiger partial charge is 0.454 e. The van der Waals surface area contributed by atoms with Crippen molar-refractivity contribution >= 4 is 11.7 Å². The SMILES string of the molecule is C[C@@H]1CCN(C(=O)NCc2ccc3c(c2)OCO3)c2ccccc21. The van der Waals surface area contributed by atoms with Gasteiger partial charge in [0.25, 0.3) is 0 Å². The van der Waals surface area contributed by atoms with Crippen LogP contribution in [-0.4, -0.2) is 19.4 Å². The van der Waals surface area contributed by atoms with Crippen LogP contribution in [0.3, 0.4) is 0 Å². The molecule has 5 heteroatoms. The molecule has 24 heavy (non-hydrogen) atoms. The maximum Gasteiger partial charge on any atom is 0.322 e. The van der Waals surface area contributed by atoms with Gasteiger partial charge in [0.2, 0.25) is 6.79 Å². The first-order chi connectivity index (χ1) is 11.7. The first kappa shape index (κ1) is 14.9. The van der Waals surface area contributed by atoms with Gasteiger partial charge in [-0.2, -0.15) is 0 Å². The van der Waals surface area contributed by atoms with Crippen molar-refractivity contribution in [1.82, 2.24) is 5.32 Å². The van der Waals surface area contributed by atoms with E-state index in [1.165, 1.54) is 5.56 Å². The highest BCUT2D eigenvalue weighted by atomic mass is 16.7. The Hall–Kier alpha value is -2.69. The third kappa shape index (κ3) is 2.66. The number of para-hydroxylation sites is 1. The van der Waals surface area contributed by atoms with Gasteiger partial charge in [0.05, 0.1) is 0 Å². The number of amides is 2. The predicted molar refractivity (Wildman–Crippen MR) is 91.6 cm³/mol. The molecule has 0 aromatic heterocycles. The van der Waals surface area contributed by atoms with E-state index in [4.69, 9.17) is 9.47 Å². The molecule has 0 spiro atoms. The standard InChI is InChI=1S/C19H20N2O3/c1-13-8-9-21(16-5-3-2-4-15(13)16)19(22)20-11-14-6-7-17-18(10-14)24-12-23-17/h2-7,10,13H,8-9,11-12H2,1H3,(H,20,22)/t13-/m1/s1. The van der Waals surface area contributed by atoms with Gasteiger partial charge in [0.15, 0.2) is 11.5 Å². The third-order valence-corrected chi connectivity index (χ3v) is 4.67. The molecule has 2 aliphatic heterocycles. The number of anilines is 1. The molecule has 0 unspecified atom stereocenters. The van der Waals surface area contributed by atoms with E-state index < -0.39 is 0 Å². The van der Waals surface area contributed by atoms with E-state index >= 15 is 0 Å². The molecule has 2 aromatic rings. The van der Waals surface area contributed by atoms with Crippen LogP contribution in [0.5, 0.6) is 11.5 Å². The Bertz CT molecular complexity index is 775. The minimum atomic E-state index is -0.0629. The van der Waals surface area contributed by atoms with E-state index in [1.807, 2.05) is 41.3 Å². The lowest BCUT2D eigenvalue weighted by atomic mass is 9.92. The Morgan fingerprint density at radius 2 is 2.04 bits per heavy atom. The Labute approximate surface area is 141 Å². The molecule has 2 aromatic carbocycles. The van der Waals surface area contributed by atoms with Gasteiger partial charge < -0.3 is 14.8 Å². The highest BCUT2D eigenvalue weighted by molar-refractivity contribution is 5.93. The van der Waals surface area contributed by atoms with E-state index in [1.54, 1.807) is 0 Å². The van der Waals surface area contributed by atoms with Crippen LogP contribution in [0, 0.1) is 0 Å². The molecule has 124 valence electrons. The molecule has 2 amide bonds. The van der Waals surface area contributed by atoms with Crippen molar-refractivity contribution in [3.05, 3.63) is 53.6 Å². The van der Waals surface area contributed by atoms with Crippen molar-refractivity contribution < 1.29 is 14.3 Å².